The van der Waals surface area contributed by atoms with E-state index in [1.165, 1.54) is 83.5 Å². The van der Waals surface area contributed by atoms with Crippen molar-refractivity contribution in [2.75, 3.05) is 0 Å². The van der Waals surface area contributed by atoms with Crippen molar-refractivity contribution < 1.29 is 9.09 Å². The largest absolute Gasteiger partial charge is 0.326 e. The van der Waals surface area contributed by atoms with Crippen LogP contribution < -0.4 is 0 Å². The summed E-state index contributed by atoms with van der Waals surface area (Å²) in [7, 11) is -1.07. The smallest absolute Gasteiger partial charge is 0.180 e. The predicted octanol–water partition coefficient (Wildman–Crippen LogP) is 6.93. The van der Waals surface area contributed by atoms with Crippen LogP contribution in [0.3, 0.4) is 0 Å². The highest BCUT2D eigenvalue weighted by Gasteiger charge is 2.16. The van der Waals surface area contributed by atoms with E-state index in [2.05, 4.69) is 6.92 Å². The van der Waals surface area contributed by atoms with Gasteiger partial charge in [-0.1, -0.05) is 90.4 Å². The Kier molecular flexibility index (Phi) is 15.2. The Balaban J connectivity index is 3.14. The summed E-state index contributed by atoms with van der Waals surface area (Å²) in [5.74, 6) is 0. The summed E-state index contributed by atoms with van der Waals surface area (Å²) in [4.78, 5) is 0. The van der Waals surface area contributed by atoms with Crippen LogP contribution in [0.25, 0.3) is 0 Å². The van der Waals surface area contributed by atoms with Gasteiger partial charge in [-0.2, -0.15) is 0 Å². The molecule has 0 aliphatic rings. The molecule has 0 bridgehead atoms. The predicted molar refractivity (Wildman–Crippen MR) is 95.9 cm³/mol. The zero-order valence-electron chi connectivity index (χ0n) is 14.8. The number of rotatable bonds is 16. The number of unbranched alkanes of at least 4 members (excludes halogenated alkanes) is 12. The van der Waals surface area contributed by atoms with Crippen molar-refractivity contribution in [3.05, 3.63) is 0 Å². The molecule has 0 aromatic carbocycles. The van der Waals surface area contributed by atoms with Gasteiger partial charge in [0.25, 0.3) is 0 Å². The first-order chi connectivity index (χ1) is 10.1. The van der Waals surface area contributed by atoms with Gasteiger partial charge in [0, 0.05) is 0 Å². The molecule has 21 heavy (non-hydrogen) atoms. The summed E-state index contributed by atoms with van der Waals surface area (Å²) in [6.45, 7) is 6.36. The van der Waals surface area contributed by atoms with Crippen molar-refractivity contribution in [1.82, 2.24) is 0 Å². The molecule has 0 N–H and O–H groups in total. The van der Waals surface area contributed by atoms with Crippen molar-refractivity contribution in [3.8, 4) is 0 Å². The summed E-state index contributed by atoms with van der Waals surface area (Å²) in [6, 6.07) is 0. The van der Waals surface area contributed by atoms with Crippen molar-refractivity contribution in [2.24, 2.45) is 0 Å². The van der Waals surface area contributed by atoms with Crippen LogP contribution in [0.1, 0.15) is 111 Å². The summed E-state index contributed by atoms with van der Waals surface area (Å²) in [6.07, 6.45) is 19.0. The fraction of sp³-hybridized carbons (Fsp3) is 1.00. The van der Waals surface area contributed by atoms with Gasteiger partial charge in [-0.05, 0) is 20.3 Å². The van der Waals surface area contributed by atoms with Crippen LogP contribution in [-0.2, 0) is 9.09 Å². The normalized spacial score (nSPS) is 12.5. The first-order valence-electron chi connectivity index (χ1n) is 9.24. The van der Waals surface area contributed by atoms with E-state index < -0.39 is 8.69 Å². The van der Waals surface area contributed by atoms with Gasteiger partial charge < -0.3 is 4.52 Å². The molecule has 1 atom stereocenters. The number of hydrogen-bond acceptors (Lipinski definition) is 2. The molecule has 0 radical (unpaired) electrons. The van der Waals surface area contributed by atoms with E-state index in [0.717, 1.165) is 6.42 Å². The van der Waals surface area contributed by atoms with Crippen molar-refractivity contribution in [2.45, 2.75) is 116 Å². The number of hydrogen-bond donors (Lipinski definition) is 0. The molecule has 0 spiro atoms. The first kappa shape index (κ1) is 21.2. The molecule has 0 heterocycles. The van der Waals surface area contributed by atoms with Crippen LogP contribution >= 0.6 is 8.69 Å². The molecule has 128 valence electrons. The molecule has 0 rings (SSSR count). The minimum Gasteiger partial charge on any atom is -0.326 e. The lowest BCUT2D eigenvalue weighted by Gasteiger charge is -2.21. The zero-order chi connectivity index (χ0) is 15.8. The van der Waals surface area contributed by atoms with Gasteiger partial charge >= 0.3 is 0 Å². The van der Waals surface area contributed by atoms with Gasteiger partial charge in [-0.15, -0.1) is 0 Å². The molecule has 0 aromatic heterocycles. The second kappa shape index (κ2) is 15.1. The standard InChI is InChI=1S/C18H39O2P/c1-4-5-6-7-8-9-10-11-12-13-14-15-16-17-18(2,3)20-21-19/h4-17,21H2,1-3H3. The Morgan fingerprint density at radius 3 is 1.48 bits per heavy atom. The van der Waals surface area contributed by atoms with Crippen molar-refractivity contribution in [1.29, 1.82) is 0 Å². The van der Waals surface area contributed by atoms with Gasteiger partial charge in [-0.3, -0.25) is 4.57 Å². The third kappa shape index (κ3) is 16.4. The second-order valence-corrected chi connectivity index (χ2v) is 7.39. The maximum absolute atomic E-state index is 10.5. The first-order valence-corrected chi connectivity index (χ1v) is 10.2. The van der Waals surface area contributed by atoms with Gasteiger partial charge in [0.15, 0.2) is 8.69 Å². The third-order valence-electron chi connectivity index (χ3n) is 4.25. The minimum atomic E-state index is -1.07. The van der Waals surface area contributed by atoms with E-state index in [4.69, 9.17) is 4.52 Å². The Bertz CT molecular complexity index is 229. The van der Waals surface area contributed by atoms with E-state index in [-0.39, 0.29) is 5.60 Å². The van der Waals surface area contributed by atoms with Gasteiger partial charge in [0.1, 0.15) is 0 Å². The Morgan fingerprint density at radius 2 is 1.10 bits per heavy atom. The minimum absolute atomic E-state index is 0.186. The monoisotopic (exact) mass is 318 g/mol. The maximum Gasteiger partial charge on any atom is 0.180 e. The highest BCUT2D eigenvalue weighted by atomic mass is 31.1. The van der Waals surface area contributed by atoms with Crippen LogP contribution in [0.5, 0.6) is 0 Å². The average Bonchev–Trinajstić information content (AvgIpc) is 2.44. The zero-order valence-corrected chi connectivity index (χ0v) is 15.9. The van der Waals surface area contributed by atoms with Crippen LogP contribution in [0.2, 0.25) is 0 Å². The van der Waals surface area contributed by atoms with Crippen molar-refractivity contribution >= 4 is 8.69 Å². The van der Waals surface area contributed by atoms with Crippen LogP contribution in [-0.4, -0.2) is 5.60 Å². The van der Waals surface area contributed by atoms with E-state index in [9.17, 15) is 4.57 Å². The lowest BCUT2D eigenvalue weighted by atomic mass is 9.99. The molecule has 0 fully saturated rings. The molecular weight excluding hydrogens is 279 g/mol. The SMILES string of the molecule is CCCCCCCCCCCCCCCC(C)(C)O[PH2]=O. The van der Waals surface area contributed by atoms with Crippen LogP contribution in [0.4, 0.5) is 0 Å². The molecular formula is C18H39O2P. The van der Waals surface area contributed by atoms with E-state index in [1.807, 2.05) is 13.8 Å². The maximum atomic E-state index is 10.5. The molecule has 0 saturated heterocycles. The topological polar surface area (TPSA) is 26.3 Å². The molecule has 0 aliphatic carbocycles. The van der Waals surface area contributed by atoms with E-state index in [1.54, 1.807) is 0 Å². The average molecular weight is 318 g/mol. The molecule has 0 saturated carbocycles. The van der Waals surface area contributed by atoms with Crippen LogP contribution in [0.15, 0.2) is 0 Å². The molecule has 0 amide bonds. The summed E-state index contributed by atoms with van der Waals surface area (Å²) in [5, 5.41) is 0. The van der Waals surface area contributed by atoms with Crippen molar-refractivity contribution in [3.63, 3.8) is 0 Å². The van der Waals surface area contributed by atoms with E-state index in [0.29, 0.717) is 0 Å². The lowest BCUT2D eigenvalue weighted by molar-refractivity contribution is 0.113. The highest BCUT2D eigenvalue weighted by molar-refractivity contribution is 7.17. The molecule has 0 aromatic rings. The molecule has 3 heteroatoms. The van der Waals surface area contributed by atoms with Gasteiger partial charge in [0.05, 0.1) is 5.60 Å². The summed E-state index contributed by atoms with van der Waals surface area (Å²) >= 11 is 0. The highest BCUT2D eigenvalue weighted by Crippen LogP contribution is 2.23. The van der Waals surface area contributed by atoms with E-state index >= 15 is 0 Å². The van der Waals surface area contributed by atoms with Crippen LogP contribution in [0, 0.1) is 0 Å². The lowest BCUT2D eigenvalue weighted by Crippen LogP contribution is -2.19. The Morgan fingerprint density at radius 1 is 0.714 bits per heavy atom. The fourth-order valence-electron chi connectivity index (χ4n) is 2.76. The molecule has 2 nitrogen and oxygen atoms in total. The van der Waals surface area contributed by atoms with Gasteiger partial charge in [-0.25, -0.2) is 0 Å². The summed E-state index contributed by atoms with van der Waals surface area (Å²) < 4.78 is 15.8. The molecule has 1 unspecified atom stereocenters. The quantitative estimate of drug-likeness (QED) is 0.228. The fourth-order valence-corrected chi connectivity index (χ4v) is 3.14. The molecule has 0 aliphatic heterocycles. The Labute approximate surface area is 134 Å². The second-order valence-electron chi connectivity index (χ2n) is 6.97. The summed E-state index contributed by atoms with van der Waals surface area (Å²) in [5.41, 5.74) is -0.186. The third-order valence-corrected chi connectivity index (χ3v) is 4.98. The Hall–Kier alpha value is 0.190. The van der Waals surface area contributed by atoms with Gasteiger partial charge in [0.2, 0.25) is 0 Å².